The minimum Gasteiger partial charge on any atom is -0.494 e. The topological polar surface area (TPSA) is 14.2 Å². The molecule has 2 heteroatoms. The van der Waals surface area contributed by atoms with E-state index in [9.17, 15) is 0 Å². The number of unbranched alkanes of at least 4 members (excludes halogenated alkanes) is 1. The molecule has 0 aliphatic carbocycles. The van der Waals surface area contributed by atoms with Crippen molar-refractivity contribution in [1.29, 1.82) is 0 Å². The number of ether oxygens (including phenoxy) is 1. The van der Waals surface area contributed by atoms with E-state index in [2.05, 4.69) is 48.9 Å². The van der Waals surface area contributed by atoms with Crippen LogP contribution in [0.15, 0.2) is 60.8 Å². The normalized spacial score (nSPS) is 11.3. The highest BCUT2D eigenvalue weighted by atomic mass is 16.5. The first-order valence-electron chi connectivity index (χ1n) is 8.50. The SMILES string of the molecule is CC(C)c1ccc2c(ccn2CCCCOc2ccccc2)c1. The summed E-state index contributed by atoms with van der Waals surface area (Å²) < 4.78 is 8.09. The van der Waals surface area contributed by atoms with Crippen LogP contribution in [0, 0.1) is 0 Å². The average molecular weight is 307 g/mol. The highest BCUT2D eigenvalue weighted by molar-refractivity contribution is 5.81. The third-order valence-corrected chi connectivity index (χ3v) is 4.27. The molecule has 2 aromatic carbocycles. The van der Waals surface area contributed by atoms with E-state index in [1.54, 1.807) is 0 Å². The van der Waals surface area contributed by atoms with Crippen molar-refractivity contribution in [3.8, 4) is 5.75 Å². The first-order valence-corrected chi connectivity index (χ1v) is 8.50. The Labute approximate surface area is 138 Å². The Morgan fingerprint density at radius 1 is 0.957 bits per heavy atom. The van der Waals surface area contributed by atoms with Crippen LogP contribution in [0.1, 0.15) is 38.2 Å². The van der Waals surface area contributed by atoms with E-state index in [4.69, 9.17) is 4.74 Å². The maximum atomic E-state index is 5.75. The van der Waals surface area contributed by atoms with Gasteiger partial charge in [0.25, 0.3) is 0 Å². The van der Waals surface area contributed by atoms with Crippen molar-refractivity contribution in [3.63, 3.8) is 0 Å². The summed E-state index contributed by atoms with van der Waals surface area (Å²) in [5.41, 5.74) is 2.74. The molecule has 1 heterocycles. The van der Waals surface area contributed by atoms with Crippen LogP contribution in [0.25, 0.3) is 10.9 Å². The molecule has 2 nitrogen and oxygen atoms in total. The Morgan fingerprint density at radius 3 is 2.57 bits per heavy atom. The molecule has 0 atom stereocenters. The van der Waals surface area contributed by atoms with Gasteiger partial charge in [-0.25, -0.2) is 0 Å². The van der Waals surface area contributed by atoms with E-state index in [1.165, 1.54) is 16.5 Å². The lowest BCUT2D eigenvalue weighted by Gasteiger charge is -2.09. The summed E-state index contributed by atoms with van der Waals surface area (Å²) in [6, 6.07) is 19.1. The molecule has 0 unspecified atom stereocenters. The van der Waals surface area contributed by atoms with Crippen molar-refractivity contribution < 1.29 is 4.74 Å². The second kappa shape index (κ2) is 7.36. The van der Waals surface area contributed by atoms with E-state index in [0.29, 0.717) is 5.92 Å². The number of aryl methyl sites for hydroxylation is 1. The Hall–Kier alpha value is -2.22. The number of fused-ring (bicyclic) bond motifs is 1. The fourth-order valence-electron chi connectivity index (χ4n) is 2.86. The second-order valence-electron chi connectivity index (χ2n) is 6.35. The van der Waals surface area contributed by atoms with Gasteiger partial charge in [0.2, 0.25) is 0 Å². The predicted octanol–water partition coefficient (Wildman–Crippen LogP) is 5.62. The summed E-state index contributed by atoms with van der Waals surface area (Å²) in [7, 11) is 0. The zero-order chi connectivity index (χ0) is 16.1. The van der Waals surface area contributed by atoms with Crippen molar-refractivity contribution in [2.24, 2.45) is 0 Å². The molecule has 23 heavy (non-hydrogen) atoms. The standard InChI is InChI=1S/C21H25NO/c1-17(2)18-10-11-21-19(16-18)12-14-22(21)13-6-7-15-23-20-8-4-3-5-9-20/h3-5,8-12,14,16-17H,6-7,13,15H2,1-2H3. The molecule has 0 fully saturated rings. The van der Waals surface area contributed by atoms with Crippen molar-refractivity contribution in [3.05, 3.63) is 66.4 Å². The van der Waals surface area contributed by atoms with E-state index >= 15 is 0 Å². The van der Waals surface area contributed by atoms with Crippen molar-refractivity contribution >= 4 is 10.9 Å². The van der Waals surface area contributed by atoms with Gasteiger partial charge in [-0.2, -0.15) is 0 Å². The van der Waals surface area contributed by atoms with Crippen LogP contribution < -0.4 is 4.74 Å². The Kier molecular flexibility index (Phi) is 5.02. The molecule has 120 valence electrons. The number of para-hydroxylation sites is 1. The number of hydrogen-bond donors (Lipinski definition) is 0. The van der Waals surface area contributed by atoms with Crippen LogP contribution in [0.4, 0.5) is 0 Å². The van der Waals surface area contributed by atoms with E-state index < -0.39 is 0 Å². The van der Waals surface area contributed by atoms with Gasteiger partial charge in [0, 0.05) is 18.3 Å². The molecule has 0 aliphatic rings. The number of nitrogens with zero attached hydrogens (tertiary/aromatic N) is 1. The fraction of sp³-hybridized carbons (Fsp3) is 0.333. The van der Waals surface area contributed by atoms with Crippen molar-refractivity contribution in [1.82, 2.24) is 4.57 Å². The number of benzene rings is 2. The van der Waals surface area contributed by atoms with Gasteiger partial charge in [-0.3, -0.25) is 0 Å². The minimum atomic E-state index is 0.581. The summed E-state index contributed by atoms with van der Waals surface area (Å²) in [6.07, 6.45) is 4.40. The van der Waals surface area contributed by atoms with Gasteiger partial charge in [-0.05, 0) is 60.0 Å². The summed E-state index contributed by atoms with van der Waals surface area (Å²) in [5.74, 6) is 1.54. The molecule has 0 N–H and O–H groups in total. The van der Waals surface area contributed by atoms with Crippen LogP contribution in [0.2, 0.25) is 0 Å². The number of rotatable bonds is 7. The summed E-state index contributed by atoms with van der Waals surface area (Å²) in [5, 5.41) is 1.34. The minimum absolute atomic E-state index is 0.581. The Bertz CT molecular complexity index is 743. The molecule has 0 radical (unpaired) electrons. The third-order valence-electron chi connectivity index (χ3n) is 4.27. The first kappa shape index (κ1) is 15.7. The van der Waals surface area contributed by atoms with Gasteiger partial charge >= 0.3 is 0 Å². The molecule has 0 amide bonds. The molecule has 0 saturated carbocycles. The lowest BCUT2D eigenvalue weighted by atomic mass is 10.0. The molecule has 0 spiro atoms. The zero-order valence-corrected chi connectivity index (χ0v) is 14.0. The molecule has 0 bridgehead atoms. The van der Waals surface area contributed by atoms with Crippen LogP contribution in [0.5, 0.6) is 5.75 Å². The van der Waals surface area contributed by atoms with Gasteiger partial charge in [0.05, 0.1) is 6.61 Å². The maximum Gasteiger partial charge on any atom is 0.119 e. The largest absolute Gasteiger partial charge is 0.494 e. The number of aromatic nitrogens is 1. The first-order chi connectivity index (χ1) is 11.2. The maximum absolute atomic E-state index is 5.75. The molecule has 0 aliphatic heterocycles. The predicted molar refractivity (Wildman–Crippen MR) is 97.2 cm³/mol. The van der Waals surface area contributed by atoms with E-state index in [-0.39, 0.29) is 0 Å². The second-order valence-corrected chi connectivity index (χ2v) is 6.35. The highest BCUT2D eigenvalue weighted by Crippen LogP contribution is 2.22. The third kappa shape index (κ3) is 3.95. The molecule has 3 rings (SSSR count). The van der Waals surface area contributed by atoms with Crippen molar-refractivity contribution in [2.45, 2.75) is 39.2 Å². The molecule has 1 aromatic heterocycles. The van der Waals surface area contributed by atoms with Crippen LogP contribution in [-0.4, -0.2) is 11.2 Å². The average Bonchev–Trinajstić information content (AvgIpc) is 2.98. The summed E-state index contributed by atoms with van der Waals surface area (Å²) in [6.45, 7) is 6.30. The highest BCUT2D eigenvalue weighted by Gasteiger charge is 2.04. The van der Waals surface area contributed by atoms with E-state index in [0.717, 1.165) is 31.7 Å². The van der Waals surface area contributed by atoms with Gasteiger partial charge < -0.3 is 9.30 Å². The summed E-state index contributed by atoms with van der Waals surface area (Å²) >= 11 is 0. The van der Waals surface area contributed by atoms with Gasteiger partial charge in [-0.15, -0.1) is 0 Å². The Morgan fingerprint density at radius 2 is 1.78 bits per heavy atom. The lowest BCUT2D eigenvalue weighted by Crippen LogP contribution is -2.01. The quantitative estimate of drug-likeness (QED) is 0.516. The zero-order valence-electron chi connectivity index (χ0n) is 14.0. The van der Waals surface area contributed by atoms with Gasteiger partial charge in [-0.1, -0.05) is 38.1 Å². The van der Waals surface area contributed by atoms with E-state index in [1.807, 2.05) is 30.3 Å². The molecular formula is C21H25NO. The summed E-state index contributed by atoms with van der Waals surface area (Å²) in [4.78, 5) is 0. The van der Waals surface area contributed by atoms with Crippen LogP contribution >= 0.6 is 0 Å². The molecule has 3 aromatic rings. The van der Waals surface area contributed by atoms with Crippen LogP contribution in [0.3, 0.4) is 0 Å². The van der Waals surface area contributed by atoms with Gasteiger partial charge in [0.15, 0.2) is 0 Å². The lowest BCUT2D eigenvalue weighted by molar-refractivity contribution is 0.303. The van der Waals surface area contributed by atoms with Crippen molar-refractivity contribution in [2.75, 3.05) is 6.61 Å². The fourth-order valence-corrected chi connectivity index (χ4v) is 2.86. The number of hydrogen-bond acceptors (Lipinski definition) is 1. The smallest absolute Gasteiger partial charge is 0.119 e. The monoisotopic (exact) mass is 307 g/mol. The molecule has 0 saturated heterocycles. The van der Waals surface area contributed by atoms with Gasteiger partial charge in [0.1, 0.15) is 5.75 Å². The molecular weight excluding hydrogens is 282 g/mol. The van der Waals surface area contributed by atoms with Crippen LogP contribution in [-0.2, 0) is 6.54 Å². The Balaban J connectivity index is 1.51.